The third-order valence-corrected chi connectivity index (χ3v) is 6.05. The van der Waals surface area contributed by atoms with E-state index in [4.69, 9.17) is 0 Å². The highest BCUT2D eigenvalue weighted by Gasteiger charge is 2.43. The fourth-order valence-electron chi connectivity index (χ4n) is 3.98. The van der Waals surface area contributed by atoms with Crippen LogP contribution in [-0.4, -0.2) is 5.91 Å². The summed E-state index contributed by atoms with van der Waals surface area (Å²) in [6.45, 7) is 4.08. The highest BCUT2D eigenvalue weighted by molar-refractivity contribution is 7.16. The number of amides is 1. The van der Waals surface area contributed by atoms with Gasteiger partial charge in [0.1, 0.15) is 11.1 Å². The lowest BCUT2D eigenvalue weighted by Gasteiger charge is -2.20. The van der Waals surface area contributed by atoms with Crippen LogP contribution in [0.1, 0.15) is 48.6 Å². The van der Waals surface area contributed by atoms with Gasteiger partial charge >= 0.3 is 0 Å². The topological polar surface area (TPSA) is 52.9 Å². The van der Waals surface area contributed by atoms with E-state index in [1.54, 1.807) is 11.3 Å². The van der Waals surface area contributed by atoms with Crippen molar-refractivity contribution >= 4 is 22.2 Å². The van der Waals surface area contributed by atoms with E-state index in [2.05, 4.69) is 18.3 Å². The normalized spacial score (nSPS) is 27.6. The number of aryl methyl sites for hydroxylation is 1. The summed E-state index contributed by atoms with van der Waals surface area (Å²) in [5.74, 6) is 1.66. The number of carbonyl (C=O) groups excluding carboxylic acids is 1. The molecule has 0 saturated heterocycles. The molecule has 2 aliphatic rings. The average Bonchev–Trinajstić information content (AvgIpc) is 3.12. The first-order valence-electron chi connectivity index (χ1n) is 7.47. The van der Waals surface area contributed by atoms with Crippen molar-refractivity contribution in [3.8, 4) is 6.07 Å². The molecule has 20 heavy (non-hydrogen) atoms. The molecule has 2 bridgehead atoms. The van der Waals surface area contributed by atoms with Crippen LogP contribution in [0.25, 0.3) is 0 Å². The molecule has 1 amide bonds. The second-order valence-corrected chi connectivity index (χ2v) is 7.30. The lowest BCUT2D eigenvalue weighted by Crippen LogP contribution is -2.27. The Morgan fingerprint density at radius 1 is 1.45 bits per heavy atom. The van der Waals surface area contributed by atoms with Crippen LogP contribution in [-0.2, 0) is 11.2 Å². The molecule has 3 nitrogen and oxygen atoms in total. The van der Waals surface area contributed by atoms with E-state index in [1.807, 2.05) is 6.92 Å². The van der Waals surface area contributed by atoms with Crippen molar-refractivity contribution in [1.29, 1.82) is 5.26 Å². The molecule has 2 aliphatic carbocycles. The molecule has 0 aliphatic heterocycles. The van der Waals surface area contributed by atoms with Gasteiger partial charge in [0.2, 0.25) is 5.91 Å². The Balaban J connectivity index is 1.78. The number of hydrogen-bond acceptors (Lipinski definition) is 3. The predicted molar refractivity (Wildman–Crippen MR) is 80.7 cm³/mol. The van der Waals surface area contributed by atoms with E-state index >= 15 is 0 Å². The number of hydrogen-bond donors (Lipinski definition) is 1. The van der Waals surface area contributed by atoms with Gasteiger partial charge in [-0.15, -0.1) is 11.3 Å². The first-order valence-corrected chi connectivity index (χ1v) is 8.28. The molecule has 1 aromatic heterocycles. The quantitative estimate of drug-likeness (QED) is 0.918. The molecule has 0 unspecified atom stereocenters. The lowest BCUT2D eigenvalue weighted by molar-refractivity contribution is -0.121. The average molecular weight is 288 g/mol. The molecule has 0 spiro atoms. The maximum atomic E-state index is 12.5. The van der Waals surface area contributed by atoms with Crippen molar-refractivity contribution in [1.82, 2.24) is 0 Å². The third kappa shape index (κ3) is 2.14. The van der Waals surface area contributed by atoms with Gasteiger partial charge in [0.25, 0.3) is 0 Å². The Kier molecular flexibility index (Phi) is 3.55. The first-order chi connectivity index (χ1) is 9.63. The van der Waals surface area contributed by atoms with Crippen molar-refractivity contribution in [3.05, 3.63) is 16.0 Å². The van der Waals surface area contributed by atoms with Crippen molar-refractivity contribution in [3.63, 3.8) is 0 Å². The summed E-state index contributed by atoms with van der Waals surface area (Å²) < 4.78 is 0. The zero-order valence-corrected chi connectivity index (χ0v) is 12.8. The lowest BCUT2D eigenvalue weighted by atomic mass is 9.88. The summed E-state index contributed by atoms with van der Waals surface area (Å²) in [6.07, 6.45) is 5.62. The van der Waals surface area contributed by atoms with Crippen LogP contribution in [0.15, 0.2) is 0 Å². The fraction of sp³-hybridized carbons (Fsp3) is 0.625. The maximum Gasteiger partial charge on any atom is 0.228 e. The van der Waals surface area contributed by atoms with Crippen LogP contribution in [0.2, 0.25) is 0 Å². The van der Waals surface area contributed by atoms with E-state index < -0.39 is 0 Å². The number of carbonyl (C=O) groups is 1. The zero-order valence-electron chi connectivity index (χ0n) is 12.0. The SMILES string of the molecule is CCc1c(C)sc(NC(=O)[C@H]2C[C@@H]3CC[C@H]2C3)c1C#N. The van der Waals surface area contributed by atoms with Crippen molar-refractivity contribution < 1.29 is 4.79 Å². The van der Waals surface area contributed by atoms with Crippen LogP contribution >= 0.6 is 11.3 Å². The van der Waals surface area contributed by atoms with Gasteiger partial charge in [0.15, 0.2) is 0 Å². The number of nitriles is 1. The Bertz CT molecular complexity index is 584. The summed E-state index contributed by atoms with van der Waals surface area (Å²) in [4.78, 5) is 13.6. The van der Waals surface area contributed by atoms with E-state index in [9.17, 15) is 10.1 Å². The molecule has 1 aromatic rings. The van der Waals surface area contributed by atoms with Crippen LogP contribution in [0.5, 0.6) is 0 Å². The second kappa shape index (κ2) is 5.21. The minimum absolute atomic E-state index is 0.137. The van der Waals surface area contributed by atoms with Crippen LogP contribution in [0.3, 0.4) is 0 Å². The molecule has 2 fully saturated rings. The van der Waals surface area contributed by atoms with Crippen LogP contribution < -0.4 is 5.32 Å². The largest absolute Gasteiger partial charge is 0.316 e. The van der Waals surface area contributed by atoms with Crippen molar-refractivity contribution in [2.75, 3.05) is 5.32 Å². The summed E-state index contributed by atoms with van der Waals surface area (Å²) in [5.41, 5.74) is 1.76. The maximum absolute atomic E-state index is 12.5. The molecule has 1 heterocycles. The highest BCUT2D eigenvalue weighted by Crippen LogP contribution is 2.48. The van der Waals surface area contributed by atoms with Crippen LogP contribution in [0, 0.1) is 36.0 Å². The number of nitrogens with one attached hydrogen (secondary N) is 1. The van der Waals surface area contributed by atoms with Gasteiger partial charge in [-0.25, -0.2) is 0 Å². The van der Waals surface area contributed by atoms with Gasteiger partial charge in [0, 0.05) is 10.8 Å². The molecule has 1 N–H and O–H groups in total. The molecule has 0 aromatic carbocycles. The fourth-order valence-corrected chi connectivity index (χ4v) is 5.08. The predicted octanol–water partition coefficient (Wildman–Crippen LogP) is 3.87. The summed E-state index contributed by atoms with van der Waals surface area (Å²) >= 11 is 1.54. The Hall–Kier alpha value is -1.34. The molecule has 4 heteroatoms. The summed E-state index contributed by atoms with van der Waals surface area (Å²) in [5, 5.41) is 13.1. The molecule has 106 valence electrons. The van der Waals surface area contributed by atoms with E-state index in [1.165, 1.54) is 19.3 Å². The van der Waals surface area contributed by atoms with E-state index in [-0.39, 0.29) is 11.8 Å². The Labute approximate surface area is 124 Å². The van der Waals surface area contributed by atoms with Crippen LogP contribution in [0.4, 0.5) is 5.00 Å². The number of nitrogens with zero attached hydrogens (tertiary/aromatic N) is 1. The van der Waals surface area contributed by atoms with Crippen molar-refractivity contribution in [2.24, 2.45) is 17.8 Å². The van der Waals surface area contributed by atoms with E-state index in [0.717, 1.165) is 34.2 Å². The molecule has 2 saturated carbocycles. The zero-order chi connectivity index (χ0) is 14.3. The monoisotopic (exact) mass is 288 g/mol. The minimum atomic E-state index is 0.137. The van der Waals surface area contributed by atoms with Gasteiger partial charge in [-0.2, -0.15) is 5.26 Å². The first kappa shape index (κ1) is 13.6. The standard InChI is InChI=1S/C16H20N2OS/c1-3-12-9(2)20-16(14(12)8-17)18-15(19)13-7-10-4-5-11(13)6-10/h10-11,13H,3-7H2,1-2H3,(H,18,19)/t10-,11+,13+/m1/s1. The number of anilines is 1. The Morgan fingerprint density at radius 3 is 2.80 bits per heavy atom. The number of thiophene rings is 1. The number of rotatable bonds is 3. The van der Waals surface area contributed by atoms with Gasteiger partial charge in [-0.1, -0.05) is 13.3 Å². The Morgan fingerprint density at radius 2 is 2.25 bits per heavy atom. The molecular formula is C16H20N2OS. The summed E-state index contributed by atoms with van der Waals surface area (Å²) in [6, 6.07) is 2.26. The van der Waals surface area contributed by atoms with E-state index in [0.29, 0.717) is 11.5 Å². The molecule has 0 radical (unpaired) electrons. The van der Waals surface area contributed by atoms with Gasteiger partial charge in [-0.05, 0) is 50.0 Å². The van der Waals surface area contributed by atoms with Crippen molar-refractivity contribution in [2.45, 2.75) is 46.0 Å². The smallest absolute Gasteiger partial charge is 0.228 e. The second-order valence-electron chi connectivity index (χ2n) is 6.08. The molecule has 3 atom stereocenters. The third-order valence-electron chi connectivity index (χ3n) is 4.99. The minimum Gasteiger partial charge on any atom is -0.316 e. The van der Waals surface area contributed by atoms with Gasteiger partial charge in [0.05, 0.1) is 5.56 Å². The van der Waals surface area contributed by atoms with Gasteiger partial charge in [-0.3, -0.25) is 4.79 Å². The highest BCUT2D eigenvalue weighted by atomic mass is 32.1. The summed E-state index contributed by atoms with van der Waals surface area (Å²) in [7, 11) is 0. The number of fused-ring (bicyclic) bond motifs is 2. The molecule has 3 rings (SSSR count). The van der Waals surface area contributed by atoms with Gasteiger partial charge < -0.3 is 5.32 Å². The molecular weight excluding hydrogens is 268 g/mol.